The Balaban J connectivity index is 2.07. The molecule has 1 aromatic rings. The number of aryl methyl sites for hydroxylation is 1. The van der Waals surface area contributed by atoms with Crippen molar-refractivity contribution < 1.29 is 4.74 Å². The van der Waals surface area contributed by atoms with E-state index < -0.39 is 0 Å². The van der Waals surface area contributed by atoms with Crippen LogP contribution >= 0.6 is 11.8 Å². The third-order valence-corrected chi connectivity index (χ3v) is 4.69. The average molecular weight is 293 g/mol. The van der Waals surface area contributed by atoms with Gasteiger partial charge in [-0.3, -0.25) is 0 Å². The molecule has 0 bridgehead atoms. The predicted octanol–water partition coefficient (Wildman–Crippen LogP) is 4.33. The number of fused-ring (bicyclic) bond motifs is 1. The third kappa shape index (κ3) is 4.16. The van der Waals surface area contributed by atoms with E-state index in [4.69, 9.17) is 4.74 Å². The van der Waals surface area contributed by atoms with E-state index in [9.17, 15) is 0 Å². The molecular formula is C17H27NOS. The number of hydrogen-bond acceptors (Lipinski definition) is 3. The number of rotatable bonds is 7. The number of ether oxygens (including phenoxy) is 1. The van der Waals surface area contributed by atoms with Crippen molar-refractivity contribution in [1.82, 2.24) is 5.32 Å². The Morgan fingerprint density at radius 2 is 2.20 bits per heavy atom. The molecule has 3 heteroatoms. The van der Waals surface area contributed by atoms with Crippen LogP contribution in [0.2, 0.25) is 0 Å². The molecule has 2 unspecified atom stereocenters. The van der Waals surface area contributed by atoms with E-state index >= 15 is 0 Å². The Morgan fingerprint density at radius 3 is 2.95 bits per heavy atom. The van der Waals surface area contributed by atoms with E-state index in [-0.39, 0.29) is 0 Å². The summed E-state index contributed by atoms with van der Waals surface area (Å²) >= 11 is 2.00. The Kier molecular flexibility index (Phi) is 6.24. The lowest BCUT2D eigenvalue weighted by molar-refractivity contribution is 0.147. The largest absolute Gasteiger partial charge is 0.490 e. The smallest absolute Gasteiger partial charge is 0.124 e. The van der Waals surface area contributed by atoms with Crippen molar-refractivity contribution >= 4 is 11.8 Å². The van der Waals surface area contributed by atoms with Gasteiger partial charge in [0.2, 0.25) is 0 Å². The zero-order valence-corrected chi connectivity index (χ0v) is 13.8. The van der Waals surface area contributed by atoms with E-state index in [1.807, 2.05) is 11.8 Å². The topological polar surface area (TPSA) is 21.3 Å². The zero-order chi connectivity index (χ0) is 14.4. The molecule has 20 heavy (non-hydrogen) atoms. The SMILES string of the molecule is CCCNC1CC(CCSCC)Oc2ccc(C)cc21. The first-order valence-corrected chi connectivity index (χ1v) is 8.98. The fourth-order valence-corrected chi connectivity index (χ4v) is 3.43. The minimum atomic E-state index is 0.360. The van der Waals surface area contributed by atoms with Crippen LogP contribution in [0.3, 0.4) is 0 Å². The number of hydrogen-bond donors (Lipinski definition) is 1. The molecule has 0 spiro atoms. The summed E-state index contributed by atoms with van der Waals surface area (Å²) in [6, 6.07) is 7.03. The van der Waals surface area contributed by atoms with Crippen molar-refractivity contribution in [1.29, 1.82) is 0 Å². The fourth-order valence-electron chi connectivity index (χ4n) is 2.71. The summed E-state index contributed by atoms with van der Waals surface area (Å²) in [5, 5.41) is 3.69. The van der Waals surface area contributed by atoms with Crippen molar-refractivity contribution in [3.8, 4) is 5.75 Å². The molecule has 0 amide bonds. The highest BCUT2D eigenvalue weighted by atomic mass is 32.2. The molecule has 0 radical (unpaired) electrons. The summed E-state index contributed by atoms with van der Waals surface area (Å²) in [6.07, 6.45) is 3.78. The maximum Gasteiger partial charge on any atom is 0.124 e. The predicted molar refractivity (Wildman–Crippen MR) is 88.9 cm³/mol. The summed E-state index contributed by atoms with van der Waals surface area (Å²) in [6.45, 7) is 7.67. The van der Waals surface area contributed by atoms with Gasteiger partial charge >= 0.3 is 0 Å². The molecule has 1 aromatic carbocycles. The molecular weight excluding hydrogens is 266 g/mol. The van der Waals surface area contributed by atoms with Gasteiger partial charge in [-0.25, -0.2) is 0 Å². The summed E-state index contributed by atoms with van der Waals surface area (Å²) in [5.41, 5.74) is 2.66. The van der Waals surface area contributed by atoms with E-state index in [1.165, 1.54) is 29.1 Å². The lowest BCUT2D eigenvalue weighted by atomic mass is 9.94. The van der Waals surface area contributed by atoms with Crippen molar-refractivity contribution in [2.24, 2.45) is 0 Å². The quantitative estimate of drug-likeness (QED) is 0.756. The summed E-state index contributed by atoms with van der Waals surface area (Å²) in [4.78, 5) is 0. The van der Waals surface area contributed by atoms with E-state index in [2.05, 4.69) is 44.3 Å². The molecule has 0 aromatic heterocycles. The van der Waals surface area contributed by atoms with Gasteiger partial charge in [-0.15, -0.1) is 0 Å². The highest BCUT2D eigenvalue weighted by Crippen LogP contribution is 2.36. The van der Waals surface area contributed by atoms with Crippen LogP contribution in [0.25, 0.3) is 0 Å². The van der Waals surface area contributed by atoms with Crippen LogP contribution in [-0.2, 0) is 0 Å². The molecule has 1 aliphatic rings. The second-order valence-electron chi connectivity index (χ2n) is 5.51. The molecule has 1 aliphatic heterocycles. The van der Waals surface area contributed by atoms with Gasteiger partial charge in [0.15, 0.2) is 0 Å². The van der Waals surface area contributed by atoms with Gasteiger partial charge in [0.25, 0.3) is 0 Å². The maximum absolute atomic E-state index is 6.19. The van der Waals surface area contributed by atoms with Crippen molar-refractivity contribution in [3.63, 3.8) is 0 Å². The minimum absolute atomic E-state index is 0.360. The first kappa shape index (κ1) is 15.7. The zero-order valence-electron chi connectivity index (χ0n) is 12.9. The van der Waals surface area contributed by atoms with Crippen LogP contribution in [0.5, 0.6) is 5.75 Å². The van der Waals surface area contributed by atoms with Gasteiger partial charge in [0, 0.05) is 18.0 Å². The van der Waals surface area contributed by atoms with Gasteiger partial charge in [-0.05, 0) is 43.9 Å². The van der Waals surface area contributed by atoms with Crippen LogP contribution in [0.15, 0.2) is 18.2 Å². The summed E-state index contributed by atoms with van der Waals surface area (Å²) < 4.78 is 6.19. The van der Waals surface area contributed by atoms with Gasteiger partial charge < -0.3 is 10.1 Å². The Bertz CT molecular complexity index is 421. The van der Waals surface area contributed by atoms with Crippen molar-refractivity contribution in [3.05, 3.63) is 29.3 Å². The molecule has 1 heterocycles. The molecule has 0 fully saturated rings. The maximum atomic E-state index is 6.19. The fraction of sp³-hybridized carbons (Fsp3) is 0.647. The molecule has 2 atom stereocenters. The summed E-state index contributed by atoms with van der Waals surface area (Å²) in [5.74, 6) is 3.48. The Labute approximate surface area is 127 Å². The first-order chi connectivity index (χ1) is 9.74. The Hall–Kier alpha value is -0.670. The normalized spacial score (nSPS) is 21.4. The molecule has 2 nitrogen and oxygen atoms in total. The second kappa shape index (κ2) is 7.94. The van der Waals surface area contributed by atoms with Crippen molar-refractivity contribution in [2.45, 2.75) is 52.2 Å². The van der Waals surface area contributed by atoms with Crippen LogP contribution in [0.4, 0.5) is 0 Å². The minimum Gasteiger partial charge on any atom is -0.490 e. The van der Waals surface area contributed by atoms with Gasteiger partial charge in [-0.1, -0.05) is 31.5 Å². The summed E-state index contributed by atoms with van der Waals surface area (Å²) in [7, 11) is 0. The van der Waals surface area contributed by atoms with Gasteiger partial charge in [0.1, 0.15) is 11.9 Å². The molecule has 1 N–H and O–H groups in total. The van der Waals surface area contributed by atoms with Gasteiger partial charge in [0.05, 0.1) is 0 Å². The molecule has 0 aliphatic carbocycles. The third-order valence-electron chi connectivity index (χ3n) is 3.76. The monoisotopic (exact) mass is 293 g/mol. The number of benzene rings is 1. The lowest BCUT2D eigenvalue weighted by Gasteiger charge is -2.33. The van der Waals surface area contributed by atoms with Crippen molar-refractivity contribution in [2.75, 3.05) is 18.1 Å². The van der Waals surface area contributed by atoms with Crippen LogP contribution < -0.4 is 10.1 Å². The average Bonchev–Trinajstić information content (AvgIpc) is 2.45. The molecule has 2 rings (SSSR count). The van der Waals surface area contributed by atoms with Gasteiger partial charge in [-0.2, -0.15) is 11.8 Å². The van der Waals surface area contributed by atoms with Crippen LogP contribution in [0, 0.1) is 6.92 Å². The molecule has 0 saturated carbocycles. The highest BCUT2D eigenvalue weighted by Gasteiger charge is 2.27. The van der Waals surface area contributed by atoms with Crippen LogP contribution in [0.1, 0.15) is 50.3 Å². The van der Waals surface area contributed by atoms with E-state index in [1.54, 1.807) is 0 Å². The van der Waals surface area contributed by atoms with E-state index in [0.717, 1.165) is 25.1 Å². The number of thioether (sulfide) groups is 1. The Morgan fingerprint density at radius 1 is 1.35 bits per heavy atom. The second-order valence-corrected chi connectivity index (χ2v) is 6.90. The number of nitrogens with one attached hydrogen (secondary N) is 1. The molecule has 0 saturated heterocycles. The lowest BCUT2D eigenvalue weighted by Crippen LogP contribution is -2.33. The van der Waals surface area contributed by atoms with E-state index in [0.29, 0.717) is 12.1 Å². The highest BCUT2D eigenvalue weighted by molar-refractivity contribution is 7.99. The standard InChI is InChI=1S/C17H27NOS/c1-4-9-18-16-12-14(8-10-20-5-2)19-17-7-6-13(3)11-15(16)17/h6-7,11,14,16,18H,4-5,8-10,12H2,1-3H3. The first-order valence-electron chi connectivity index (χ1n) is 7.83. The molecule has 112 valence electrons. The van der Waals surface area contributed by atoms with Crippen LogP contribution in [-0.4, -0.2) is 24.2 Å².